The first-order valence-electron chi connectivity index (χ1n) is 7.02. The minimum Gasteiger partial charge on any atom is -0.409 e. The Morgan fingerprint density at radius 2 is 1.53 bits per heavy atom. The van der Waals surface area contributed by atoms with Crippen LogP contribution >= 0.6 is 0 Å². The molecule has 1 aromatic carbocycles. The zero-order valence-corrected chi connectivity index (χ0v) is 13.0. The van der Waals surface area contributed by atoms with E-state index in [2.05, 4.69) is 82.8 Å². The van der Waals surface area contributed by atoms with Gasteiger partial charge < -0.3 is 4.81 Å². The minimum absolute atomic E-state index is 0.121. The maximum atomic E-state index is 2.44. The summed E-state index contributed by atoms with van der Waals surface area (Å²) in [5, 5.41) is 0. The first-order valence-corrected chi connectivity index (χ1v) is 7.02. The van der Waals surface area contributed by atoms with Crippen molar-refractivity contribution in [2.75, 3.05) is 0 Å². The number of hydrogen-bond acceptors (Lipinski definition) is 1. The molecule has 2 heteroatoms. The highest BCUT2D eigenvalue weighted by molar-refractivity contribution is 6.76. The molecule has 19 heavy (non-hydrogen) atoms. The lowest BCUT2D eigenvalue weighted by Gasteiger charge is -2.41. The Morgan fingerprint density at radius 1 is 0.947 bits per heavy atom. The van der Waals surface area contributed by atoms with Crippen molar-refractivity contribution in [1.29, 1.82) is 0 Å². The van der Waals surface area contributed by atoms with E-state index in [0.29, 0.717) is 6.85 Å². The zero-order valence-electron chi connectivity index (χ0n) is 13.0. The quantitative estimate of drug-likeness (QED) is 0.692. The molecule has 1 aliphatic heterocycles. The summed E-state index contributed by atoms with van der Waals surface area (Å²) in [7, 11) is 0. The monoisotopic (exact) mass is 253 g/mol. The zero-order chi connectivity index (χ0) is 14.2. The molecule has 0 unspecified atom stereocenters. The van der Waals surface area contributed by atoms with E-state index >= 15 is 0 Å². The van der Waals surface area contributed by atoms with Crippen molar-refractivity contribution in [2.45, 2.75) is 47.1 Å². The third kappa shape index (κ3) is 2.78. The van der Waals surface area contributed by atoms with Gasteiger partial charge in [0.25, 0.3) is 0 Å². The molecule has 0 N–H and O–H groups in total. The third-order valence-corrected chi connectivity index (χ3v) is 3.76. The van der Waals surface area contributed by atoms with Crippen LogP contribution in [-0.2, 0) is 0 Å². The molecule has 0 fully saturated rings. The van der Waals surface area contributed by atoms with E-state index in [4.69, 9.17) is 0 Å². The summed E-state index contributed by atoms with van der Waals surface area (Å²) in [6.45, 7) is 13.8. The molecule has 0 aromatic heterocycles. The average Bonchev–Trinajstić information content (AvgIpc) is 2.26. The number of aryl methyl sites for hydroxylation is 3. The number of nitrogens with zero attached hydrogens (tertiary/aromatic N) is 1. The lowest BCUT2D eigenvalue weighted by Crippen LogP contribution is -2.55. The van der Waals surface area contributed by atoms with E-state index in [-0.39, 0.29) is 5.54 Å². The molecule has 2 rings (SSSR count). The van der Waals surface area contributed by atoms with Crippen LogP contribution in [0, 0.1) is 20.8 Å². The summed E-state index contributed by atoms with van der Waals surface area (Å²) in [6.07, 6.45) is 6.50. The van der Waals surface area contributed by atoms with Gasteiger partial charge in [0.15, 0.2) is 0 Å². The smallest absolute Gasteiger partial charge is 0.316 e. The minimum atomic E-state index is 0.121. The summed E-state index contributed by atoms with van der Waals surface area (Å²) >= 11 is 0. The van der Waals surface area contributed by atoms with Gasteiger partial charge in [-0.05, 0) is 59.3 Å². The maximum absolute atomic E-state index is 2.44. The standard InChI is InChI=1S/C17H24BN/c1-13-11-14(2)16(15(3)12-13)18-9-7-8-10-19(18)17(4,5)6/h7-12H,1-6H3. The van der Waals surface area contributed by atoms with Gasteiger partial charge in [0, 0.05) is 5.54 Å². The molecule has 0 saturated carbocycles. The highest BCUT2D eigenvalue weighted by Crippen LogP contribution is 2.21. The SMILES string of the molecule is Cc1cc(C)c(B2C=CC=CN2C(C)(C)C)c(C)c1. The Bertz CT molecular complexity index is 512. The Labute approximate surface area is 118 Å². The Hall–Kier alpha value is -1.44. The van der Waals surface area contributed by atoms with Gasteiger partial charge in [-0.1, -0.05) is 40.9 Å². The van der Waals surface area contributed by atoms with E-state index in [9.17, 15) is 0 Å². The van der Waals surface area contributed by atoms with Crippen molar-refractivity contribution in [2.24, 2.45) is 0 Å². The predicted octanol–water partition coefficient (Wildman–Crippen LogP) is 3.53. The second-order valence-electron chi connectivity index (χ2n) is 6.56. The molecule has 0 radical (unpaired) electrons. The van der Waals surface area contributed by atoms with Crippen molar-refractivity contribution >= 4 is 12.3 Å². The third-order valence-electron chi connectivity index (χ3n) is 3.76. The Kier molecular flexibility index (Phi) is 3.62. The lowest BCUT2D eigenvalue weighted by molar-refractivity contribution is 0.326. The molecule has 1 heterocycles. The number of hydrogen-bond donors (Lipinski definition) is 0. The van der Waals surface area contributed by atoms with E-state index in [1.165, 1.54) is 22.2 Å². The lowest BCUT2D eigenvalue weighted by atomic mass is 9.49. The van der Waals surface area contributed by atoms with Crippen LogP contribution in [-0.4, -0.2) is 17.2 Å². The molecular weight excluding hydrogens is 229 g/mol. The highest BCUT2D eigenvalue weighted by Gasteiger charge is 2.32. The fourth-order valence-electron chi connectivity index (χ4n) is 3.03. The molecule has 1 aliphatic rings. The van der Waals surface area contributed by atoms with Crippen LogP contribution in [0.5, 0.6) is 0 Å². The molecule has 0 spiro atoms. The summed E-state index contributed by atoms with van der Waals surface area (Å²) in [4.78, 5) is 2.44. The van der Waals surface area contributed by atoms with E-state index in [1.807, 2.05) is 0 Å². The van der Waals surface area contributed by atoms with Crippen LogP contribution in [0.25, 0.3) is 0 Å². The normalized spacial score (nSPS) is 15.3. The fraction of sp³-hybridized carbons (Fsp3) is 0.412. The fourth-order valence-corrected chi connectivity index (χ4v) is 3.03. The van der Waals surface area contributed by atoms with Gasteiger partial charge in [-0.25, -0.2) is 0 Å². The van der Waals surface area contributed by atoms with Gasteiger partial charge in [-0.15, -0.1) is 0 Å². The van der Waals surface area contributed by atoms with Crippen molar-refractivity contribution in [1.82, 2.24) is 4.81 Å². The van der Waals surface area contributed by atoms with Crippen LogP contribution in [0.4, 0.5) is 0 Å². The van der Waals surface area contributed by atoms with Gasteiger partial charge in [-0.2, -0.15) is 0 Å². The van der Waals surface area contributed by atoms with Gasteiger partial charge in [0.2, 0.25) is 0 Å². The molecule has 0 amide bonds. The molecule has 0 saturated heterocycles. The molecule has 1 aromatic rings. The van der Waals surface area contributed by atoms with Crippen LogP contribution in [0.1, 0.15) is 37.5 Å². The molecule has 0 bridgehead atoms. The number of rotatable bonds is 1. The van der Waals surface area contributed by atoms with Gasteiger partial charge in [0.05, 0.1) is 0 Å². The maximum Gasteiger partial charge on any atom is 0.316 e. The van der Waals surface area contributed by atoms with Crippen molar-refractivity contribution in [3.8, 4) is 0 Å². The second kappa shape index (κ2) is 4.92. The number of allylic oxidation sites excluding steroid dienone is 2. The largest absolute Gasteiger partial charge is 0.409 e. The van der Waals surface area contributed by atoms with Crippen LogP contribution in [0.15, 0.2) is 36.5 Å². The highest BCUT2D eigenvalue weighted by atomic mass is 15.1. The second-order valence-corrected chi connectivity index (χ2v) is 6.56. The van der Waals surface area contributed by atoms with Gasteiger partial charge in [-0.3, -0.25) is 0 Å². The molecule has 0 aliphatic carbocycles. The van der Waals surface area contributed by atoms with Crippen LogP contribution in [0.2, 0.25) is 0 Å². The topological polar surface area (TPSA) is 3.24 Å². The van der Waals surface area contributed by atoms with Crippen molar-refractivity contribution in [3.05, 3.63) is 53.2 Å². The molecule has 1 nitrogen and oxygen atoms in total. The van der Waals surface area contributed by atoms with E-state index < -0.39 is 0 Å². The van der Waals surface area contributed by atoms with Crippen molar-refractivity contribution in [3.63, 3.8) is 0 Å². The number of benzene rings is 1. The molecule has 0 atom stereocenters. The van der Waals surface area contributed by atoms with Crippen LogP contribution in [0.3, 0.4) is 0 Å². The predicted molar refractivity (Wildman–Crippen MR) is 85.9 cm³/mol. The Balaban J connectivity index is 2.51. The van der Waals surface area contributed by atoms with E-state index in [0.717, 1.165) is 0 Å². The summed E-state index contributed by atoms with van der Waals surface area (Å²) < 4.78 is 0. The first-order chi connectivity index (χ1) is 8.80. The summed E-state index contributed by atoms with van der Waals surface area (Å²) in [5.41, 5.74) is 5.68. The van der Waals surface area contributed by atoms with Crippen molar-refractivity contribution < 1.29 is 0 Å². The average molecular weight is 253 g/mol. The van der Waals surface area contributed by atoms with Gasteiger partial charge in [0.1, 0.15) is 0 Å². The Morgan fingerprint density at radius 3 is 2.05 bits per heavy atom. The first kappa shape index (κ1) is 14.0. The van der Waals surface area contributed by atoms with Gasteiger partial charge >= 0.3 is 6.85 Å². The summed E-state index contributed by atoms with van der Waals surface area (Å²) in [6, 6.07) is 4.57. The summed E-state index contributed by atoms with van der Waals surface area (Å²) in [5.74, 6) is 2.30. The molecular formula is C17H24BN. The molecule has 100 valence electrons. The van der Waals surface area contributed by atoms with E-state index in [1.54, 1.807) is 0 Å². The van der Waals surface area contributed by atoms with Crippen LogP contribution < -0.4 is 5.46 Å².